The Bertz CT molecular complexity index is 520. The first-order valence-electron chi connectivity index (χ1n) is 5.22. The lowest BCUT2D eigenvalue weighted by Gasteiger charge is -2.11. The lowest BCUT2D eigenvalue weighted by atomic mass is 10.2. The van der Waals surface area contributed by atoms with Crippen molar-refractivity contribution in [2.24, 2.45) is 0 Å². The number of carbonyl (C=O) groups is 2. The van der Waals surface area contributed by atoms with Crippen LogP contribution in [-0.4, -0.2) is 25.7 Å². The highest BCUT2D eigenvalue weighted by atomic mass is 35.5. The van der Waals surface area contributed by atoms with Gasteiger partial charge in [0.15, 0.2) is 0 Å². The molecule has 0 fully saturated rings. The fourth-order valence-electron chi connectivity index (χ4n) is 1.22. The van der Waals surface area contributed by atoms with Gasteiger partial charge in [-0.3, -0.25) is 4.79 Å². The second-order valence-electron chi connectivity index (χ2n) is 3.59. The van der Waals surface area contributed by atoms with Crippen molar-refractivity contribution in [1.82, 2.24) is 5.32 Å². The van der Waals surface area contributed by atoms with Gasteiger partial charge in [0.1, 0.15) is 6.54 Å². The second kappa shape index (κ2) is 6.47. The van der Waals surface area contributed by atoms with Crippen LogP contribution in [0.2, 0.25) is 5.02 Å². The number of alkyl halides is 3. The van der Waals surface area contributed by atoms with Crippen LogP contribution in [0.1, 0.15) is 5.56 Å². The van der Waals surface area contributed by atoms with E-state index in [4.69, 9.17) is 11.6 Å². The highest BCUT2D eigenvalue weighted by molar-refractivity contribution is 6.33. The molecule has 110 valence electrons. The normalized spacial score (nSPS) is 10.8. The van der Waals surface area contributed by atoms with E-state index in [1.165, 1.54) is 0 Å². The molecule has 1 rings (SSSR count). The number of carbonyl (C=O) groups excluding carboxylic acids is 2. The Hall–Kier alpha value is -1.96. The van der Waals surface area contributed by atoms with E-state index >= 15 is 0 Å². The van der Waals surface area contributed by atoms with Crippen LogP contribution in [0, 0.1) is 0 Å². The minimum absolute atomic E-state index is 0.0515. The van der Waals surface area contributed by atoms with Crippen molar-refractivity contribution in [3.8, 4) is 0 Å². The number of hydrogen-bond acceptors (Lipinski definition) is 3. The van der Waals surface area contributed by atoms with Gasteiger partial charge < -0.3 is 15.4 Å². The summed E-state index contributed by atoms with van der Waals surface area (Å²) < 4.78 is 41.8. The van der Waals surface area contributed by atoms with Crippen LogP contribution in [0.25, 0.3) is 0 Å². The van der Waals surface area contributed by atoms with Gasteiger partial charge in [0.05, 0.1) is 23.4 Å². The third-order valence-corrected chi connectivity index (χ3v) is 2.48. The molecule has 0 aliphatic heterocycles. The van der Waals surface area contributed by atoms with Crippen LogP contribution in [0.3, 0.4) is 0 Å². The van der Waals surface area contributed by atoms with Crippen molar-refractivity contribution in [2.45, 2.75) is 6.18 Å². The van der Waals surface area contributed by atoms with Crippen molar-refractivity contribution < 1.29 is 27.5 Å². The summed E-state index contributed by atoms with van der Waals surface area (Å²) in [5.41, 5.74) is -1.14. The second-order valence-corrected chi connectivity index (χ2v) is 3.99. The highest BCUT2D eigenvalue weighted by Crippen LogP contribution is 2.33. The quantitative estimate of drug-likeness (QED) is 0.902. The summed E-state index contributed by atoms with van der Waals surface area (Å²) >= 11 is 5.69. The Labute approximate surface area is 117 Å². The molecule has 0 aromatic heterocycles. The van der Waals surface area contributed by atoms with E-state index in [0.717, 1.165) is 19.2 Å². The number of alkyl carbamates (subject to hydrolysis) is 1. The molecule has 20 heavy (non-hydrogen) atoms. The first-order chi connectivity index (χ1) is 9.24. The van der Waals surface area contributed by atoms with E-state index < -0.39 is 30.3 Å². The van der Waals surface area contributed by atoms with Gasteiger partial charge in [-0.25, -0.2) is 4.79 Å². The number of ether oxygens (including phenoxy) is 1. The molecule has 0 aliphatic carbocycles. The molecule has 2 N–H and O–H groups in total. The fraction of sp³-hybridized carbons (Fsp3) is 0.273. The fourth-order valence-corrected chi connectivity index (χ4v) is 1.38. The van der Waals surface area contributed by atoms with E-state index in [-0.39, 0.29) is 10.7 Å². The predicted octanol–water partition coefficient (Wildman–Crippen LogP) is 2.65. The third kappa shape index (κ3) is 4.61. The molecule has 0 atom stereocenters. The molecular formula is C11H10ClF3N2O3. The molecule has 0 bridgehead atoms. The average molecular weight is 311 g/mol. The smallest absolute Gasteiger partial charge is 0.416 e. The summed E-state index contributed by atoms with van der Waals surface area (Å²) in [6.45, 7) is -0.459. The van der Waals surface area contributed by atoms with Gasteiger partial charge in [-0.05, 0) is 18.2 Å². The summed E-state index contributed by atoms with van der Waals surface area (Å²) in [6.07, 6.45) is -5.38. The van der Waals surface area contributed by atoms with Gasteiger partial charge >= 0.3 is 12.3 Å². The molecule has 0 radical (unpaired) electrons. The molecule has 1 aromatic rings. The van der Waals surface area contributed by atoms with Crippen molar-refractivity contribution in [3.05, 3.63) is 28.8 Å². The number of benzene rings is 1. The molecule has 0 saturated carbocycles. The molecule has 2 amide bonds. The Kier molecular flexibility index (Phi) is 5.20. The van der Waals surface area contributed by atoms with E-state index in [0.29, 0.717) is 6.07 Å². The minimum atomic E-state index is -4.55. The molecule has 0 heterocycles. The first kappa shape index (κ1) is 16.1. The van der Waals surface area contributed by atoms with Crippen LogP contribution in [0.4, 0.5) is 23.7 Å². The zero-order valence-corrected chi connectivity index (χ0v) is 10.9. The number of hydrogen-bond donors (Lipinski definition) is 2. The average Bonchev–Trinajstić information content (AvgIpc) is 2.37. The third-order valence-electron chi connectivity index (χ3n) is 2.15. The number of nitrogens with one attached hydrogen (secondary N) is 2. The maximum absolute atomic E-state index is 12.5. The van der Waals surface area contributed by atoms with E-state index in [1.807, 2.05) is 0 Å². The Balaban J connectivity index is 2.76. The molecule has 9 heteroatoms. The van der Waals surface area contributed by atoms with Gasteiger partial charge in [0.2, 0.25) is 5.91 Å². The summed E-state index contributed by atoms with van der Waals surface area (Å²) in [6, 6.07) is 2.52. The maximum Gasteiger partial charge on any atom is 0.416 e. The van der Waals surface area contributed by atoms with Crippen molar-refractivity contribution >= 4 is 29.3 Å². The molecule has 5 nitrogen and oxygen atoms in total. The van der Waals surface area contributed by atoms with Crippen molar-refractivity contribution in [1.29, 1.82) is 0 Å². The standard InChI is InChI=1S/C11H10ClF3N2O3/c1-20-10(19)16-5-9(18)17-8-4-6(11(13,14)15)2-3-7(8)12/h2-4H,5H2,1H3,(H,16,19)(H,17,18). The molecule has 0 unspecified atom stereocenters. The van der Waals surface area contributed by atoms with E-state index in [9.17, 15) is 22.8 Å². The molecule has 0 spiro atoms. The maximum atomic E-state index is 12.5. The summed E-state index contributed by atoms with van der Waals surface area (Å²) in [5, 5.41) is 4.19. The highest BCUT2D eigenvalue weighted by Gasteiger charge is 2.31. The SMILES string of the molecule is COC(=O)NCC(=O)Nc1cc(C(F)(F)F)ccc1Cl. The summed E-state index contributed by atoms with van der Waals surface area (Å²) in [5.74, 6) is -0.739. The zero-order chi connectivity index (χ0) is 15.3. The van der Waals surface area contributed by atoms with Crippen LogP contribution in [0.5, 0.6) is 0 Å². The van der Waals surface area contributed by atoms with E-state index in [2.05, 4.69) is 15.4 Å². The number of amides is 2. The monoisotopic (exact) mass is 310 g/mol. The number of methoxy groups -OCH3 is 1. The molecular weight excluding hydrogens is 301 g/mol. The lowest BCUT2D eigenvalue weighted by Crippen LogP contribution is -2.32. The summed E-state index contributed by atoms with van der Waals surface area (Å²) in [4.78, 5) is 22.2. The Morgan fingerprint density at radius 3 is 2.55 bits per heavy atom. The van der Waals surface area contributed by atoms with Crippen molar-refractivity contribution in [3.63, 3.8) is 0 Å². The Morgan fingerprint density at radius 2 is 2.00 bits per heavy atom. The predicted molar refractivity (Wildman–Crippen MR) is 65.5 cm³/mol. The summed E-state index contributed by atoms with van der Waals surface area (Å²) in [7, 11) is 1.11. The van der Waals surface area contributed by atoms with Crippen LogP contribution < -0.4 is 10.6 Å². The minimum Gasteiger partial charge on any atom is -0.453 e. The number of halogens is 4. The Morgan fingerprint density at radius 1 is 1.35 bits per heavy atom. The molecule has 0 aliphatic rings. The van der Waals surface area contributed by atoms with Crippen LogP contribution >= 0.6 is 11.6 Å². The van der Waals surface area contributed by atoms with Crippen LogP contribution in [0.15, 0.2) is 18.2 Å². The number of rotatable bonds is 3. The lowest BCUT2D eigenvalue weighted by molar-refractivity contribution is -0.137. The van der Waals surface area contributed by atoms with Gasteiger partial charge in [-0.1, -0.05) is 11.6 Å². The van der Waals surface area contributed by atoms with Crippen LogP contribution in [-0.2, 0) is 15.7 Å². The van der Waals surface area contributed by atoms with Gasteiger partial charge in [-0.15, -0.1) is 0 Å². The topological polar surface area (TPSA) is 67.4 Å². The molecule has 0 saturated heterocycles. The van der Waals surface area contributed by atoms with Crippen molar-refractivity contribution in [2.75, 3.05) is 19.0 Å². The zero-order valence-electron chi connectivity index (χ0n) is 10.2. The van der Waals surface area contributed by atoms with E-state index in [1.54, 1.807) is 0 Å². The van der Waals surface area contributed by atoms with Gasteiger partial charge in [0.25, 0.3) is 0 Å². The molecule has 1 aromatic carbocycles. The first-order valence-corrected chi connectivity index (χ1v) is 5.60. The largest absolute Gasteiger partial charge is 0.453 e. The van der Waals surface area contributed by atoms with Gasteiger partial charge in [0, 0.05) is 0 Å². The number of anilines is 1. The van der Waals surface area contributed by atoms with Gasteiger partial charge in [-0.2, -0.15) is 13.2 Å².